The third-order valence-electron chi connectivity index (χ3n) is 5.56. The molecule has 172 valence electrons. The van der Waals surface area contributed by atoms with Crippen molar-refractivity contribution in [1.29, 1.82) is 0 Å². The van der Waals surface area contributed by atoms with Crippen LogP contribution in [-0.4, -0.2) is 25.0 Å². The summed E-state index contributed by atoms with van der Waals surface area (Å²) in [6, 6.07) is 25.1. The second-order valence-corrected chi connectivity index (χ2v) is 8.33. The van der Waals surface area contributed by atoms with Gasteiger partial charge in [-0.25, -0.2) is 0 Å². The van der Waals surface area contributed by atoms with Crippen LogP contribution in [0.3, 0.4) is 0 Å². The van der Waals surface area contributed by atoms with Gasteiger partial charge in [-0.05, 0) is 52.8 Å². The average molecular weight is 447 g/mol. The zero-order valence-electron chi connectivity index (χ0n) is 19.3. The number of hydrogen-bond donors (Lipinski definition) is 2. The van der Waals surface area contributed by atoms with Crippen LogP contribution in [0.5, 0.6) is 11.5 Å². The minimum Gasteiger partial charge on any atom is -0.484 e. The Bertz CT molecular complexity index is 1050. The van der Waals surface area contributed by atoms with Crippen molar-refractivity contribution < 1.29 is 19.1 Å². The van der Waals surface area contributed by atoms with Crippen LogP contribution >= 0.6 is 0 Å². The topological polar surface area (TPSA) is 76.7 Å². The van der Waals surface area contributed by atoms with Gasteiger partial charge >= 0.3 is 0 Å². The van der Waals surface area contributed by atoms with Crippen molar-refractivity contribution in [3.63, 3.8) is 0 Å². The van der Waals surface area contributed by atoms with Crippen molar-refractivity contribution in [2.75, 3.05) is 13.2 Å². The van der Waals surface area contributed by atoms with E-state index in [1.807, 2.05) is 66.7 Å². The van der Waals surface area contributed by atoms with E-state index in [4.69, 9.17) is 9.47 Å². The highest BCUT2D eigenvalue weighted by atomic mass is 16.5. The number of nitrogens with one attached hydrogen (secondary N) is 2. The van der Waals surface area contributed by atoms with Gasteiger partial charge in [0.05, 0.1) is 0 Å². The van der Waals surface area contributed by atoms with Gasteiger partial charge in [0.15, 0.2) is 13.2 Å². The average Bonchev–Trinajstić information content (AvgIpc) is 2.86. The summed E-state index contributed by atoms with van der Waals surface area (Å²) in [5, 5.41) is 0. The summed E-state index contributed by atoms with van der Waals surface area (Å²) >= 11 is 0. The minimum atomic E-state index is -0.471. The van der Waals surface area contributed by atoms with Gasteiger partial charge in [0, 0.05) is 0 Å². The van der Waals surface area contributed by atoms with Gasteiger partial charge in [0.25, 0.3) is 11.8 Å². The van der Waals surface area contributed by atoms with Gasteiger partial charge in [-0.15, -0.1) is 0 Å². The molecule has 2 N–H and O–H groups in total. The predicted octanol–water partition coefficient (Wildman–Crippen LogP) is 4.65. The largest absolute Gasteiger partial charge is 0.484 e. The molecule has 0 fully saturated rings. The number of carbonyl (C=O) groups is 2. The number of hydrazine groups is 1. The standard InChI is InChI=1S/C27H30N2O4/c1-4-27(2,3)22-12-16-24(17-13-22)33-19-26(31)29-28-25(30)18-32-23-14-10-21(11-15-23)20-8-6-5-7-9-20/h5-17H,4,18-19H2,1-3H3,(H,28,30)(H,29,31). The second-order valence-electron chi connectivity index (χ2n) is 8.33. The molecule has 0 saturated carbocycles. The first-order valence-electron chi connectivity index (χ1n) is 11.0. The number of amides is 2. The maximum Gasteiger partial charge on any atom is 0.276 e. The highest BCUT2D eigenvalue weighted by molar-refractivity contribution is 5.83. The van der Waals surface area contributed by atoms with E-state index in [2.05, 4.69) is 31.6 Å². The Balaban J connectivity index is 1.37. The van der Waals surface area contributed by atoms with Crippen LogP contribution in [0, 0.1) is 0 Å². The molecule has 0 spiro atoms. The molecule has 3 aromatic rings. The van der Waals surface area contributed by atoms with Crippen LogP contribution in [0.25, 0.3) is 11.1 Å². The Morgan fingerprint density at radius 1 is 0.697 bits per heavy atom. The van der Waals surface area contributed by atoms with Gasteiger partial charge in [-0.3, -0.25) is 20.4 Å². The quantitative estimate of drug-likeness (QED) is 0.469. The van der Waals surface area contributed by atoms with Gasteiger partial charge in [-0.1, -0.05) is 75.4 Å². The van der Waals surface area contributed by atoms with E-state index in [0.29, 0.717) is 11.5 Å². The number of benzene rings is 3. The Labute approximate surface area is 194 Å². The van der Waals surface area contributed by atoms with Crippen molar-refractivity contribution >= 4 is 11.8 Å². The molecule has 0 unspecified atom stereocenters. The van der Waals surface area contributed by atoms with Gasteiger partial charge in [-0.2, -0.15) is 0 Å². The maximum absolute atomic E-state index is 12.0. The summed E-state index contributed by atoms with van der Waals surface area (Å²) in [4.78, 5) is 23.9. The summed E-state index contributed by atoms with van der Waals surface area (Å²) in [5.41, 5.74) is 8.10. The highest BCUT2D eigenvalue weighted by Gasteiger charge is 2.17. The number of ether oxygens (including phenoxy) is 2. The molecule has 0 heterocycles. The zero-order valence-corrected chi connectivity index (χ0v) is 19.3. The van der Waals surface area contributed by atoms with E-state index in [1.54, 1.807) is 12.1 Å². The van der Waals surface area contributed by atoms with E-state index >= 15 is 0 Å². The first-order chi connectivity index (χ1) is 15.9. The van der Waals surface area contributed by atoms with Crippen molar-refractivity contribution in [3.05, 3.63) is 84.4 Å². The van der Waals surface area contributed by atoms with Gasteiger partial charge in [0.1, 0.15) is 11.5 Å². The first kappa shape index (κ1) is 23.9. The third-order valence-corrected chi connectivity index (χ3v) is 5.56. The Kier molecular flexibility index (Phi) is 8.08. The summed E-state index contributed by atoms with van der Waals surface area (Å²) in [5.74, 6) is 0.221. The lowest BCUT2D eigenvalue weighted by Crippen LogP contribution is -2.45. The van der Waals surface area contributed by atoms with Crippen LogP contribution in [0.1, 0.15) is 32.8 Å². The monoisotopic (exact) mass is 446 g/mol. The molecule has 3 aromatic carbocycles. The second kappa shape index (κ2) is 11.2. The van der Waals surface area contributed by atoms with Crippen LogP contribution < -0.4 is 20.3 Å². The summed E-state index contributed by atoms with van der Waals surface area (Å²) in [7, 11) is 0. The number of carbonyl (C=O) groups excluding carboxylic acids is 2. The highest BCUT2D eigenvalue weighted by Crippen LogP contribution is 2.28. The Morgan fingerprint density at radius 3 is 1.64 bits per heavy atom. The fourth-order valence-electron chi connectivity index (χ4n) is 3.09. The molecule has 33 heavy (non-hydrogen) atoms. The lowest BCUT2D eigenvalue weighted by molar-refractivity contribution is -0.131. The smallest absolute Gasteiger partial charge is 0.276 e. The molecule has 0 atom stereocenters. The molecule has 0 aliphatic heterocycles. The zero-order chi connectivity index (χ0) is 23.7. The molecule has 0 saturated heterocycles. The van der Waals surface area contributed by atoms with E-state index in [9.17, 15) is 9.59 Å². The Morgan fingerprint density at radius 2 is 1.15 bits per heavy atom. The summed E-state index contributed by atoms with van der Waals surface area (Å²) in [6.45, 7) is 6.08. The maximum atomic E-state index is 12.0. The SMILES string of the molecule is CCC(C)(C)c1ccc(OCC(=O)NNC(=O)COc2ccc(-c3ccccc3)cc2)cc1. The van der Waals surface area contributed by atoms with Crippen molar-refractivity contribution in [2.24, 2.45) is 0 Å². The van der Waals surface area contributed by atoms with Crippen molar-refractivity contribution in [2.45, 2.75) is 32.6 Å². The molecular weight excluding hydrogens is 416 g/mol. The normalized spacial score (nSPS) is 10.9. The molecule has 2 amide bonds. The fraction of sp³-hybridized carbons (Fsp3) is 0.259. The third kappa shape index (κ3) is 7.10. The predicted molar refractivity (Wildman–Crippen MR) is 129 cm³/mol. The van der Waals surface area contributed by atoms with Crippen molar-refractivity contribution in [1.82, 2.24) is 10.9 Å². The lowest BCUT2D eigenvalue weighted by atomic mass is 9.82. The minimum absolute atomic E-state index is 0.0895. The van der Waals surface area contributed by atoms with Crippen LogP contribution in [0.2, 0.25) is 0 Å². The van der Waals surface area contributed by atoms with Gasteiger partial charge in [0.2, 0.25) is 0 Å². The van der Waals surface area contributed by atoms with E-state index in [1.165, 1.54) is 5.56 Å². The van der Waals surface area contributed by atoms with E-state index < -0.39 is 11.8 Å². The number of hydrogen-bond acceptors (Lipinski definition) is 4. The van der Waals surface area contributed by atoms with Crippen LogP contribution in [0.4, 0.5) is 0 Å². The van der Waals surface area contributed by atoms with Crippen LogP contribution in [-0.2, 0) is 15.0 Å². The first-order valence-corrected chi connectivity index (χ1v) is 11.0. The number of rotatable bonds is 9. The summed E-state index contributed by atoms with van der Waals surface area (Å²) < 4.78 is 11.0. The van der Waals surface area contributed by atoms with Crippen LogP contribution in [0.15, 0.2) is 78.9 Å². The molecule has 0 bridgehead atoms. The molecule has 0 aromatic heterocycles. The van der Waals surface area contributed by atoms with Crippen molar-refractivity contribution in [3.8, 4) is 22.6 Å². The van der Waals surface area contributed by atoms with E-state index in [0.717, 1.165) is 17.5 Å². The molecule has 6 nitrogen and oxygen atoms in total. The Hall–Kier alpha value is -3.80. The van der Waals surface area contributed by atoms with E-state index in [-0.39, 0.29) is 18.6 Å². The molecular formula is C27H30N2O4. The molecule has 6 heteroatoms. The molecule has 0 radical (unpaired) electrons. The summed E-state index contributed by atoms with van der Waals surface area (Å²) in [6.07, 6.45) is 1.03. The lowest BCUT2D eigenvalue weighted by Gasteiger charge is -2.23. The molecule has 3 rings (SSSR count). The molecule has 0 aliphatic rings. The van der Waals surface area contributed by atoms with Gasteiger partial charge < -0.3 is 9.47 Å². The fourth-order valence-corrected chi connectivity index (χ4v) is 3.09. The molecule has 0 aliphatic carbocycles.